The van der Waals surface area contributed by atoms with Crippen molar-refractivity contribution in [2.45, 2.75) is 118 Å². The van der Waals surface area contributed by atoms with Crippen molar-refractivity contribution in [3.63, 3.8) is 0 Å². The van der Waals surface area contributed by atoms with Crippen LogP contribution in [0.5, 0.6) is 0 Å². The predicted octanol–water partition coefficient (Wildman–Crippen LogP) is 3.38. The lowest BCUT2D eigenvalue weighted by Gasteiger charge is -2.64. The van der Waals surface area contributed by atoms with Crippen LogP contribution in [0.25, 0.3) is 0 Å². The van der Waals surface area contributed by atoms with Gasteiger partial charge in [0.2, 0.25) is 11.8 Å². The molecule has 12 nitrogen and oxygen atoms in total. The molecule has 2 unspecified atom stereocenters. The number of hydrogen-bond donors (Lipinski definition) is 4. The first kappa shape index (κ1) is 34.2. The SMILES string of the molecule is CC(C)=CC1C(C(=O)N[C@@H](CCCN=C(N)N[N+](=O)[O-])C(=O)N[C@@H](CC(C)C)B2O[C@@H]3C[C@H]4C[C@H](C4(C)C)[C@]3(C)O2)C1(C)C. The molecule has 2 bridgehead atoms. The average Bonchev–Trinajstić information content (AvgIpc) is 3.23. The zero-order chi connectivity index (χ0) is 32.8. The van der Waals surface area contributed by atoms with E-state index in [1.165, 1.54) is 0 Å². The molecule has 2 amide bonds. The molecule has 8 atom stereocenters. The second kappa shape index (κ2) is 12.6. The Morgan fingerprint density at radius 1 is 1.14 bits per heavy atom. The summed E-state index contributed by atoms with van der Waals surface area (Å²) in [7, 11) is -0.579. The molecule has 4 aliphatic carbocycles. The van der Waals surface area contributed by atoms with E-state index in [-0.39, 0.29) is 65.4 Å². The summed E-state index contributed by atoms with van der Waals surface area (Å²) in [6, 6.07) is -0.827. The fourth-order valence-electron chi connectivity index (χ4n) is 8.10. The molecule has 0 aromatic rings. The molecule has 13 heteroatoms. The maximum Gasteiger partial charge on any atom is 0.481 e. The monoisotopic (exact) mass is 616 g/mol. The van der Waals surface area contributed by atoms with Crippen molar-refractivity contribution in [2.24, 2.45) is 51.1 Å². The molecule has 0 aromatic carbocycles. The standard InChI is InChI=1S/C31H53BN6O6/c1-17(2)13-20-25(30(20,7)8)27(40)35-21(11-10-12-34-28(33)37-38(41)42)26(39)36-24(14-18(3)4)32-43-23-16-19-15-22(29(19,5)6)31(23,9)44-32/h13,18-25H,10-12,14-16H2,1-9H3,(H,35,40)(H,36,39)(H3,33,34,37)/t19-,20?,21+,22-,23-,24+,25?,31+/m1/s1. The first-order chi connectivity index (χ1) is 20.4. The number of amides is 2. The van der Waals surface area contributed by atoms with Gasteiger partial charge >= 0.3 is 7.12 Å². The van der Waals surface area contributed by atoms with Crippen molar-refractivity contribution in [1.82, 2.24) is 16.1 Å². The second-order valence-electron chi connectivity index (χ2n) is 15.5. The fourth-order valence-corrected chi connectivity index (χ4v) is 8.10. The van der Waals surface area contributed by atoms with Crippen molar-refractivity contribution in [3.05, 3.63) is 21.8 Å². The normalized spacial score (nSPS) is 32.5. The lowest BCUT2D eigenvalue weighted by Crippen LogP contribution is -2.65. The summed E-state index contributed by atoms with van der Waals surface area (Å²) >= 11 is 0. The van der Waals surface area contributed by atoms with Crippen LogP contribution in [0.4, 0.5) is 0 Å². The van der Waals surface area contributed by atoms with Crippen molar-refractivity contribution in [1.29, 1.82) is 0 Å². The Balaban J connectivity index is 1.48. The lowest BCUT2D eigenvalue weighted by molar-refractivity contribution is -0.525. The zero-order valence-corrected chi connectivity index (χ0v) is 27.9. The average molecular weight is 617 g/mol. The van der Waals surface area contributed by atoms with Gasteiger partial charge in [-0.05, 0) is 87.4 Å². The third-order valence-electron chi connectivity index (χ3n) is 10.8. The van der Waals surface area contributed by atoms with Crippen LogP contribution in [0.15, 0.2) is 16.6 Å². The van der Waals surface area contributed by atoms with E-state index in [2.05, 4.69) is 70.2 Å². The number of nitrogens with one attached hydrogen (secondary N) is 3. The number of rotatable bonds is 13. The quantitative estimate of drug-likeness (QED) is 0.0464. The van der Waals surface area contributed by atoms with Gasteiger partial charge in [0.25, 0.3) is 5.96 Å². The number of hydrazine groups is 1. The summed E-state index contributed by atoms with van der Waals surface area (Å²) in [5.74, 6) is -0.0254. The number of guanidine groups is 1. The van der Waals surface area contributed by atoms with Gasteiger partial charge in [0.05, 0.1) is 23.6 Å². The third kappa shape index (κ3) is 6.93. The summed E-state index contributed by atoms with van der Waals surface area (Å²) in [4.78, 5) is 42.0. The minimum absolute atomic E-state index is 0.00783. The van der Waals surface area contributed by atoms with E-state index >= 15 is 0 Å². The smallest absolute Gasteiger partial charge is 0.404 e. The number of carbonyl (C=O) groups is 2. The Labute approximate surface area is 262 Å². The summed E-state index contributed by atoms with van der Waals surface area (Å²) in [5.41, 5.74) is 8.12. The van der Waals surface area contributed by atoms with Gasteiger partial charge < -0.3 is 25.7 Å². The molecule has 5 fully saturated rings. The van der Waals surface area contributed by atoms with Crippen LogP contribution < -0.4 is 21.8 Å². The number of hydrogen-bond acceptors (Lipinski definition) is 7. The van der Waals surface area contributed by atoms with Crippen LogP contribution in [-0.4, -0.2) is 60.2 Å². The van der Waals surface area contributed by atoms with Gasteiger partial charge in [-0.25, -0.2) is 15.1 Å². The first-order valence-corrected chi connectivity index (χ1v) is 16.2. The molecule has 5 N–H and O–H groups in total. The van der Waals surface area contributed by atoms with E-state index in [9.17, 15) is 19.7 Å². The van der Waals surface area contributed by atoms with Crippen molar-refractivity contribution in [2.75, 3.05) is 6.54 Å². The molecule has 246 valence electrons. The van der Waals surface area contributed by atoms with E-state index in [0.717, 1.165) is 18.4 Å². The van der Waals surface area contributed by atoms with E-state index in [1.807, 2.05) is 19.3 Å². The van der Waals surface area contributed by atoms with Crippen LogP contribution >= 0.6 is 0 Å². The van der Waals surface area contributed by atoms with Crippen LogP contribution in [0.3, 0.4) is 0 Å². The molecule has 1 heterocycles. The summed E-state index contributed by atoms with van der Waals surface area (Å²) in [6.07, 6.45) is 5.53. The number of allylic oxidation sites excluding steroid dienone is 2. The van der Waals surface area contributed by atoms with Crippen LogP contribution in [0.1, 0.15) is 94.4 Å². The van der Waals surface area contributed by atoms with E-state index in [0.29, 0.717) is 24.7 Å². The highest BCUT2D eigenvalue weighted by atomic mass is 16.7. The number of nitrogens with zero attached hydrogens (tertiary/aromatic N) is 2. The van der Waals surface area contributed by atoms with Gasteiger partial charge in [-0.1, -0.05) is 58.6 Å². The van der Waals surface area contributed by atoms with Gasteiger partial charge in [0.15, 0.2) is 5.03 Å². The fraction of sp³-hybridized carbons (Fsp3) is 0.839. The molecule has 0 spiro atoms. The third-order valence-corrected chi connectivity index (χ3v) is 10.8. The minimum atomic E-state index is -0.827. The highest BCUT2D eigenvalue weighted by Gasteiger charge is 2.68. The Morgan fingerprint density at radius 2 is 1.82 bits per heavy atom. The van der Waals surface area contributed by atoms with Gasteiger partial charge in [-0.3, -0.25) is 9.59 Å². The molecular weight excluding hydrogens is 563 g/mol. The highest BCUT2D eigenvalue weighted by molar-refractivity contribution is 6.48. The Bertz CT molecular complexity index is 1190. The molecule has 44 heavy (non-hydrogen) atoms. The van der Waals surface area contributed by atoms with Gasteiger partial charge in [-0.2, -0.15) is 0 Å². The molecule has 1 aliphatic heterocycles. The molecule has 0 radical (unpaired) electrons. The summed E-state index contributed by atoms with van der Waals surface area (Å²) < 4.78 is 13.3. The maximum absolute atomic E-state index is 13.9. The van der Waals surface area contributed by atoms with Gasteiger partial charge in [-0.15, -0.1) is 0 Å². The Morgan fingerprint density at radius 3 is 2.41 bits per heavy atom. The highest BCUT2D eigenvalue weighted by Crippen LogP contribution is 2.66. The maximum atomic E-state index is 13.9. The largest absolute Gasteiger partial charge is 0.481 e. The van der Waals surface area contributed by atoms with E-state index in [1.54, 1.807) is 0 Å². The lowest BCUT2D eigenvalue weighted by atomic mass is 9.43. The second-order valence-corrected chi connectivity index (χ2v) is 15.5. The predicted molar refractivity (Wildman–Crippen MR) is 169 cm³/mol. The molecule has 5 aliphatic rings. The van der Waals surface area contributed by atoms with E-state index < -0.39 is 29.7 Å². The number of carbonyl (C=O) groups excluding carboxylic acids is 2. The Hall–Kier alpha value is -2.67. The summed E-state index contributed by atoms with van der Waals surface area (Å²) in [5, 5.41) is 16.1. The van der Waals surface area contributed by atoms with Crippen LogP contribution in [-0.2, 0) is 18.9 Å². The molecule has 0 aromatic heterocycles. The van der Waals surface area contributed by atoms with Crippen molar-refractivity contribution >= 4 is 24.9 Å². The zero-order valence-electron chi connectivity index (χ0n) is 27.9. The van der Waals surface area contributed by atoms with Crippen LogP contribution in [0, 0.1) is 50.5 Å². The summed E-state index contributed by atoms with van der Waals surface area (Å²) in [6.45, 7) is 19.3. The number of aliphatic imine (C=N–C) groups is 1. The molecule has 1 saturated heterocycles. The molecular formula is C31H53BN6O6. The minimum Gasteiger partial charge on any atom is -0.404 e. The van der Waals surface area contributed by atoms with Crippen molar-refractivity contribution in [3.8, 4) is 0 Å². The van der Waals surface area contributed by atoms with Crippen LogP contribution in [0.2, 0.25) is 0 Å². The van der Waals surface area contributed by atoms with Gasteiger partial charge in [0, 0.05) is 6.54 Å². The van der Waals surface area contributed by atoms with Gasteiger partial charge in [0.1, 0.15) is 6.04 Å². The number of nitrogens with two attached hydrogens (primary N) is 1. The first-order valence-electron chi connectivity index (χ1n) is 16.2. The molecule has 5 rings (SSSR count). The number of nitro groups is 1. The van der Waals surface area contributed by atoms with Crippen molar-refractivity contribution < 1.29 is 23.9 Å². The topological polar surface area (TPSA) is 170 Å². The van der Waals surface area contributed by atoms with E-state index in [4.69, 9.17) is 15.0 Å². The Kier molecular flexibility index (Phi) is 9.81. The molecule has 4 saturated carbocycles.